The number of para-hydroxylation sites is 2. The van der Waals surface area contributed by atoms with Crippen molar-refractivity contribution in [1.29, 1.82) is 0 Å². The third-order valence-electron chi connectivity index (χ3n) is 4.57. The molecule has 4 nitrogen and oxygen atoms in total. The van der Waals surface area contributed by atoms with Crippen molar-refractivity contribution < 1.29 is 8.81 Å². The van der Waals surface area contributed by atoms with E-state index in [0.717, 1.165) is 30.6 Å². The quantitative estimate of drug-likeness (QED) is 0.742. The summed E-state index contributed by atoms with van der Waals surface area (Å²) in [5, 5.41) is 0. The minimum Gasteiger partial charge on any atom is -0.408 e. The van der Waals surface area contributed by atoms with Crippen molar-refractivity contribution in [2.75, 3.05) is 13.1 Å². The Morgan fingerprint density at radius 2 is 1.87 bits per heavy atom. The van der Waals surface area contributed by atoms with Gasteiger partial charge in [-0.15, -0.1) is 0 Å². The SMILES string of the molecule is O=c1oc2ccccc2n1CCN1CC[C@@H]1c1ccc(F)cc1. The Balaban J connectivity index is 1.49. The molecule has 0 amide bonds. The van der Waals surface area contributed by atoms with Crippen LogP contribution in [0.1, 0.15) is 18.0 Å². The molecule has 0 N–H and O–H groups in total. The molecule has 2 heterocycles. The highest BCUT2D eigenvalue weighted by atomic mass is 19.1. The maximum atomic E-state index is 13.0. The lowest BCUT2D eigenvalue weighted by molar-refractivity contribution is 0.0860. The van der Waals surface area contributed by atoms with Crippen molar-refractivity contribution in [3.8, 4) is 0 Å². The van der Waals surface area contributed by atoms with Crippen molar-refractivity contribution in [3.63, 3.8) is 0 Å². The van der Waals surface area contributed by atoms with E-state index in [1.165, 1.54) is 12.1 Å². The molecule has 5 heteroatoms. The van der Waals surface area contributed by atoms with E-state index in [2.05, 4.69) is 4.90 Å². The minimum absolute atomic E-state index is 0.212. The van der Waals surface area contributed by atoms with Crippen molar-refractivity contribution in [2.45, 2.75) is 19.0 Å². The van der Waals surface area contributed by atoms with E-state index in [-0.39, 0.29) is 11.6 Å². The second-order valence-corrected chi connectivity index (χ2v) is 5.88. The minimum atomic E-state index is -0.315. The molecule has 0 saturated carbocycles. The molecule has 1 atom stereocenters. The van der Waals surface area contributed by atoms with Crippen molar-refractivity contribution in [3.05, 3.63) is 70.5 Å². The van der Waals surface area contributed by atoms with Crippen LogP contribution in [0, 0.1) is 5.82 Å². The zero-order chi connectivity index (χ0) is 15.8. The van der Waals surface area contributed by atoms with E-state index in [9.17, 15) is 9.18 Å². The number of aromatic nitrogens is 1. The Kier molecular flexibility index (Phi) is 3.50. The van der Waals surface area contributed by atoms with Gasteiger partial charge in [0, 0.05) is 25.7 Å². The number of oxazole rings is 1. The Hall–Kier alpha value is -2.40. The second-order valence-electron chi connectivity index (χ2n) is 5.88. The molecule has 1 fully saturated rings. The number of hydrogen-bond donors (Lipinski definition) is 0. The molecule has 1 saturated heterocycles. The van der Waals surface area contributed by atoms with Crippen LogP contribution >= 0.6 is 0 Å². The highest BCUT2D eigenvalue weighted by Crippen LogP contribution is 2.32. The predicted molar refractivity (Wildman–Crippen MR) is 85.8 cm³/mol. The fourth-order valence-electron chi connectivity index (χ4n) is 3.22. The lowest BCUT2D eigenvalue weighted by Crippen LogP contribution is -2.43. The van der Waals surface area contributed by atoms with Crippen molar-refractivity contribution in [2.24, 2.45) is 0 Å². The summed E-state index contributed by atoms with van der Waals surface area (Å²) in [4.78, 5) is 14.3. The molecule has 2 aromatic carbocycles. The van der Waals surface area contributed by atoms with Crippen LogP contribution in [0.25, 0.3) is 11.1 Å². The first-order valence-corrected chi connectivity index (χ1v) is 7.80. The summed E-state index contributed by atoms with van der Waals surface area (Å²) >= 11 is 0. The van der Waals surface area contributed by atoms with Crippen LogP contribution in [0.5, 0.6) is 0 Å². The predicted octanol–water partition coefficient (Wildman–Crippen LogP) is 3.18. The van der Waals surface area contributed by atoms with E-state index in [1.807, 2.05) is 30.3 Å². The Labute approximate surface area is 132 Å². The molecule has 0 radical (unpaired) electrons. The summed E-state index contributed by atoms with van der Waals surface area (Å²) in [5.74, 6) is -0.527. The van der Waals surface area contributed by atoms with Crippen molar-refractivity contribution in [1.82, 2.24) is 9.47 Å². The maximum Gasteiger partial charge on any atom is 0.419 e. The topological polar surface area (TPSA) is 38.4 Å². The van der Waals surface area contributed by atoms with E-state index in [1.54, 1.807) is 10.6 Å². The zero-order valence-corrected chi connectivity index (χ0v) is 12.6. The van der Waals surface area contributed by atoms with Crippen LogP contribution < -0.4 is 5.76 Å². The van der Waals surface area contributed by atoms with Crippen molar-refractivity contribution >= 4 is 11.1 Å². The zero-order valence-electron chi connectivity index (χ0n) is 12.6. The first-order chi connectivity index (χ1) is 11.2. The van der Waals surface area contributed by atoms with Gasteiger partial charge in [0.15, 0.2) is 5.58 Å². The van der Waals surface area contributed by atoms with Gasteiger partial charge in [0.05, 0.1) is 5.52 Å². The molecule has 1 aliphatic heterocycles. The molecular formula is C18H17FN2O2. The Bertz CT molecular complexity index is 882. The molecule has 0 bridgehead atoms. The Morgan fingerprint density at radius 3 is 2.61 bits per heavy atom. The first-order valence-electron chi connectivity index (χ1n) is 7.80. The lowest BCUT2D eigenvalue weighted by atomic mass is 9.95. The van der Waals surface area contributed by atoms with Gasteiger partial charge >= 0.3 is 5.76 Å². The number of benzene rings is 2. The average molecular weight is 312 g/mol. The largest absolute Gasteiger partial charge is 0.419 e. The summed E-state index contributed by atoms with van der Waals surface area (Å²) in [7, 11) is 0. The molecular weight excluding hydrogens is 295 g/mol. The highest BCUT2D eigenvalue weighted by molar-refractivity contribution is 5.72. The van der Waals surface area contributed by atoms with Crippen LogP contribution in [0.4, 0.5) is 4.39 Å². The molecule has 4 rings (SSSR count). The molecule has 1 aromatic heterocycles. The standard InChI is InChI=1S/C18H17FN2O2/c19-14-7-5-13(6-8-14)15-9-10-20(15)11-12-21-16-3-1-2-4-17(16)23-18(21)22/h1-8,15H,9-12H2/t15-/m1/s1. The lowest BCUT2D eigenvalue weighted by Gasteiger charge is -2.41. The number of likely N-dealkylation sites (tertiary alicyclic amines) is 1. The average Bonchev–Trinajstić information content (AvgIpc) is 2.84. The van der Waals surface area contributed by atoms with E-state index >= 15 is 0 Å². The number of rotatable bonds is 4. The van der Waals surface area contributed by atoms with E-state index in [0.29, 0.717) is 18.2 Å². The summed E-state index contributed by atoms with van der Waals surface area (Å²) in [6.45, 7) is 2.35. The van der Waals surface area contributed by atoms with Gasteiger partial charge in [0.1, 0.15) is 5.82 Å². The normalized spacial score (nSPS) is 18.2. The number of hydrogen-bond acceptors (Lipinski definition) is 3. The van der Waals surface area contributed by atoms with Crippen LogP contribution in [0.3, 0.4) is 0 Å². The molecule has 1 aliphatic rings. The Morgan fingerprint density at radius 1 is 1.09 bits per heavy atom. The van der Waals surface area contributed by atoms with Gasteiger partial charge in [-0.2, -0.15) is 0 Å². The van der Waals surface area contributed by atoms with Gasteiger partial charge in [0.2, 0.25) is 0 Å². The molecule has 23 heavy (non-hydrogen) atoms. The van der Waals surface area contributed by atoms with Gasteiger partial charge in [-0.05, 0) is 36.2 Å². The summed E-state index contributed by atoms with van der Waals surface area (Å²) in [6, 6.07) is 14.4. The molecule has 0 aliphatic carbocycles. The van der Waals surface area contributed by atoms with Crippen LogP contribution in [-0.4, -0.2) is 22.6 Å². The van der Waals surface area contributed by atoms with Crippen LogP contribution in [0.2, 0.25) is 0 Å². The van der Waals surface area contributed by atoms with Crippen LogP contribution in [0.15, 0.2) is 57.7 Å². The number of nitrogens with zero attached hydrogens (tertiary/aromatic N) is 2. The third kappa shape index (κ3) is 2.57. The highest BCUT2D eigenvalue weighted by Gasteiger charge is 2.29. The van der Waals surface area contributed by atoms with Gasteiger partial charge in [-0.3, -0.25) is 9.47 Å². The van der Waals surface area contributed by atoms with Gasteiger partial charge < -0.3 is 4.42 Å². The van der Waals surface area contributed by atoms with Crippen LogP contribution in [-0.2, 0) is 6.54 Å². The van der Waals surface area contributed by atoms with E-state index in [4.69, 9.17) is 4.42 Å². The smallest absolute Gasteiger partial charge is 0.408 e. The maximum absolute atomic E-state index is 13.0. The summed E-state index contributed by atoms with van der Waals surface area (Å²) in [6.07, 6.45) is 1.06. The molecule has 0 unspecified atom stereocenters. The summed E-state index contributed by atoms with van der Waals surface area (Å²) < 4.78 is 20.0. The number of halogens is 1. The first kappa shape index (κ1) is 14.2. The fourth-order valence-corrected chi connectivity index (χ4v) is 3.22. The molecule has 0 spiro atoms. The monoisotopic (exact) mass is 312 g/mol. The summed E-state index contributed by atoms with van der Waals surface area (Å²) in [5.41, 5.74) is 2.58. The van der Waals surface area contributed by atoms with Gasteiger partial charge in [-0.25, -0.2) is 9.18 Å². The van der Waals surface area contributed by atoms with Gasteiger partial charge in [-0.1, -0.05) is 24.3 Å². The van der Waals surface area contributed by atoms with E-state index < -0.39 is 0 Å². The molecule has 118 valence electrons. The third-order valence-corrected chi connectivity index (χ3v) is 4.57. The number of fused-ring (bicyclic) bond motifs is 1. The second kappa shape index (κ2) is 5.66. The van der Waals surface area contributed by atoms with Gasteiger partial charge in [0.25, 0.3) is 0 Å². The molecule has 3 aromatic rings. The fraction of sp³-hybridized carbons (Fsp3) is 0.278.